The van der Waals surface area contributed by atoms with Crippen LogP contribution in [-0.2, 0) is 11.2 Å². The van der Waals surface area contributed by atoms with Crippen molar-refractivity contribution in [2.45, 2.75) is 18.9 Å². The van der Waals surface area contributed by atoms with Gasteiger partial charge in [-0.05, 0) is 72.0 Å². The van der Waals surface area contributed by atoms with E-state index in [2.05, 4.69) is 5.32 Å². The maximum Gasteiger partial charge on any atom is 0.254 e. The molecule has 1 atom stereocenters. The number of halogens is 1. The highest BCUT2D eigenvalue weighted by atomic mass is 19.1. The highest BCUT2D eigenvalue weighted by Gasteiger charge is 2.32. The summed E-state index contributed by atoms with van der Waals surface area (Å²) in [6.45, 7) is 0.362. The molecule has 3 heterocycles. The highest BCUT2D eigenvalue weighted by molar-refractivity contribution is 5.94. The minimum atomic E-state index is -0.640. The Morgan fingerprint density at radius 2 is 1.97 bits per heavy atom. The van der Waals surface area contributed by atoms with Crippen LogP contribution in [0.5, 0.6) is 23.0 Å². The lowest BCUT2D eigenvalue weighted by Crippen LogP contribution is -2.42. The number of methoxy groups -OCH3 is 1. The molecule has 6 rings (SSSR count). The molecule has 0 saturated heterocycles. The number of fused-ring (bicyclic) bond motifs is 6. The van der Waals surface area contributed by atoms with Crippen molar-refractivity contribution in [1.29, 1.82) is 0 Å². The van der Waals surface area contributed by atoms with Gasteiger partial charge in [0, 0.05) is 13.1 Å². The number of benzene rings is 3. The lowest BCUT2D eigenvalue weighted by atomic mass is 9.87. The number of ether oxygens (including phenoxy) is 3. The van der Waals surface area contributed by atoms with Crippen molar-refractivity contribution in [2.24, 2.45) is 0 Å². The van der Waals surface area contributed by atoms with Gasteiger partial charge in [-0.1, -0.05) is 12.1 Å². The number of carbonyl (C=O) groups excluding carboxylic acids is 2. The summed E-state index contributed by atoms with van der Waals surface area (Å²) in [6.07, 6.45) is 1.03. The second-order valence-corrected chi connectivity index (χ2v) is 8.87. The number of amides is 2. The second kappa shape index (κ2) is 10.5. The van der Waals surface area contributed by atoms with Gasteiger partial charge in [0.2, 0.25) is 5.91 Å². The molecule has 1 unspecified atom stereocenters. The Hall–Kier alpha value is -4.11. The summed E-state index contributed by atoms with van der Waals surface area (Å²) >= 11 is 0. The van der Waals surface area contributed by atoms with Crippen LogP contribution in [0.2, 0.25) is 0 Å². The first-order valence-electron chi connectivity index (χ1n) is 12.1. The molecule has 9 heteroatoms. The first-order chi connectivity index (χ1) is 18.0. The fourth-order valence-electron chi connectivity index (χ4n) is 4.79. The molecule has 8 nitrogen and oxygen atoms in total. The SMILES string of the molecule is COc1ccc2cc1OCCCNC(=O)c1cc(ccc1F)Oc1ccc3c(c1)CCN(C(=O)CO)C23. The third kappa shape index (κ3) is 4.95. The molecule has 2 N–H and O–H groups in total. The van der Waals surface area contributed by atoms with Crippen molar-refractivity contribution in [1.82, 2.24) is 10.2 Å². The number of nitrogens with one attached hydrogen (secondary N) is 1. The van der Waals surface area contributed by atoms with Crippen LogP contribution in [0.15, 0.2) is 54.6 Å². The molecule has 0 aliphatic carbocycles. The third-order valence-electron chi connectivity index (χ3n) is 6.58. The van der Waals surface area contributed by atoms with E-state index in [1.54, 1.807) is 24.1 Å². The van der Waals surface area contributed by atoms with Crippen molar-refractivity contribution in [3.63, 3.8) is 0 Å². The number of aliphatic hydroxyl groups excluding tert-OH is 1. The van der Waals surface area contributed by atoms with Gasteiger partial charge in [-0.25, -0.2) is 4.39 Å². The maximum atomic E-state index is 14.4. The van der Waals surface area contributed by atoms with Gasteiger partial charge in [0.1, 0.15) is 23.9 Å². The van der Waals surface area contributed by atoms with Gasteiger partial charge < -0.3 is 29.5 Å². The summed E-state index contributed by atoms with van der Waals surface area (Å²) in [5.74, 6) is 0.337. The fraction of sp³-hybridized carbons (Fsp3) is 0.286. The normalized spacial score (nSPS) is 17.1. The lowest BCUT2D eigenvalue weighted by molar-refractivity contribution is -0.136. The maximum absolute atomic E-state index is 14.4. The molecule has 0 spiro atoms. The van der Waals surface area contributed by atoms with Crippen LogP contribution in [0.4, 0.5) is 4.39 Å². The van der Waals surface area contributed by atoms with E-state index in [-0.39, 0.29) is 24.6 Å². The van der Waals surface area contributed by atoms with Gasteiger partial charge in [-0.2, -0.15) is 0 Å². The molecule has 192 valence electrons. The van der Waals surface area contributed by atoms with E-state index in [1.165, 1.54) is 18.2 Å². The van der Waals surface area contributed by atoms with Crippen LogP contribution < -0.4 is 19.5 Å². The smallest absolute Gasteiger partial charge is 0.254 e. The van der Waals surface area contributed by atoms with E-state index in [9.17, 15) is 19.1 Å². The summed E-state index contributed by atoms with van der Waals surface area (Å²) in [5, 5.41) is 12.4. The van der Waals surface area contributed by atoms with Gasteiger partial charge >= 0.3 is 0 Å². The minimum absolute atomic E-state index is 0.106. The first kappa shape index (κ1) is 24.6. The van der Waals surface area contributed by atoms with Gasteiger partial charge in [0.15, 0.2) is 11.5 Å². The Labute approximate surface area is 213 Å². The average molecular weight is 507 g/mol. The highest BCUT2D eigenvalue weighted by Crippen LogP contribution is 2.40. The van der Waals surface area contributed by atoms with Crippen LogP contribution in [-0.4, -0.2) is 55.2 Å². The largest absolute Gasteiger partial charge is 0.493 e. The molecule has 0 aromatic heterocycles. The third-order valence-corrected chi connectivity index (χ3v) is 6.58. The monoisotopic (exact) mass is 506 g/mol. The van der Waals surface area contributed by atoms with Crippen LogP contribution >= 0.6 is 0 Å². The number of hydrogen-bond donors (Lipinski definition) is 2. The lowest BCUT2D eigenvalue weighted by Gasteiger charge is -2.38. The van der Waals surface area contributed by atoms with Crippen LogP contribution in [0, 0.1) is 5.82 Å². The van der Waals surface area contributed by atoms with Crippen LogP contribution in [0.25, 0.3) is 0 Å². The minimum Gasteiger partial charge on any atom is -0.493 e. The molecule has 2 amide bonds. The van der Waals surface area contributed by atoms with Crippen molar-refractivity contribution in [2.75, 3.05) is 33.4 Å². The van der Waals surface area contributed by atoms with Gasteiger partial charge in [-0.15, -0.1) is 0 Å². The molecular formula is C28H27FN2O6. The molecule has 3 aromatic carbocycles. The van der Waals surface area contributed by atoms with E-state index in [4.69, 9.17) is 14.2 Å². The molecule has 0 fully saturated rings. The Bertz CT molecular complexity index is 1340. The molecule has 8 bridgehead atoms. The average Bonchev–Trinajstić information content (AvgIpc) is 2.92. The van der Waals surface area contributed by atoms with E-state index in [0.717, 1.165) is 16.7 Å². The number of rotatable bonds is 2. The Balaban J connectivity index is 1.61. The molecule has 3 aliphatic rings. The summed E-state index contributed by atoms with van der Waals surface area (Å²) in [7, 11) is 1.54. The number of carbonyl (C=O) groups is 2. The molecule has 0 radical (unpaired) electrons. The Morgan fingerprint density at radius 3 is 2.78 bits per heavy atom. The quantitative estimate of drug-likeness (QED) is 0.551. The van der Waals surface area contributed by atoms with Crippen molar-refractivity contribution >= 4 is 11.8 Å². The van der Waals surface area contributed by atoms with E-state index in [0.29, 0.717) is 42.4 Å². The van der Waals surface area contributed by atoms with Crippen LogP contribution in [0.1, 0.15) is 39.5 Å². The summed E-state index contributed by atoms with van der Waals surface area (Å²) < 4.78 is 31.8. The van der Waals surface area contributed by atoms with Crippen molar-refractivity contribution in [3.05, 3.63) is 82.7 Å². The van der Waals surface area contributed by atoms with Gasteiger partial charge in [0.05, 0.1) is 25.3 Å². The van der Waals surface area contributed by atoms with E-state index in [1.807, 2.05) is 24.3 Å². The second-order valence-electron chi connectivity index (χ2n) is 8.87. The van der Waals surface area contributed by atoms with Gasteiger partial charge in [-0.3, -0.25) is 9.59 Å². The molecule has 0 saturated carbocycles. The van der Waals surface area contributed by atoms with Crippen molar-refractivity contribution in [3.8, 4) is 23.0 Å². The summed E-state index contributed by atoms with van der Waals surface area (Å²) in [5.41, 5.74) is 2.58. The molecule has 3 aromatic rings. The molecule has 37 heavy (non-hydrogen) atoms. The predicted molar refractivity (Wildman–Crippen MR) is 133 cm³/mol. The van der Waals surface area contributed by atoms with E-state index < -0.39 is 24.4 Å². The Kier molecular flexibility index (Phi) is 6.96. The molecular weight excluding hydrogens is 479 g/mol. The zero-order valence-corrected chi connectivity index (χ0v) is 20.3. The first-order valence-corrected chi connectivity index (χ1v) is 12.1. The predicted octanol–water partition coefficient (Wildman–Crippen LogP) is 3.61. The van der Waals surface area contributed by atoms with Crippen LogP contribution in [0.3, 0.4) is 0 Å². The number of nitrogens with zero attached hydrogens (tertiary/aromatic N) is 1. The zero-order valence-electron chi connectivity index (χ0n) is 20.3. The van der Waals surface area contributed by atoms with E-state index >= 15 is 0 Å². The Morgan fingerprint density at radius 1 is 1.16 bits per heavy atom. The van der Waals surface area contributed by atoms with Crippen molar-refractivity contribution < 1.29 is 33.3 Å². The molecule has 3 aliphatic heterocycles. The van der Waals surface area contributed by atoms with Gasteiger partial charge in [0.25, 0.3) is 5.91 Å². The topological polar surface area (TPSA) is 97.3 Å². The summed E-state index contributed by atoms with van der Waals surface area (Å²) in [4.78, 5) is 27.0. The number of aliphatic hydroxyl groups is 1. The summed E-state index contributed by atoms with van der Waals surface area (Å²) in [6, 6.07) is 14.7. The standard InChI is InChI=1S/C28H27FN2O6/c1-35-24-8-3-18-14-25(24)36-12-2-10-30-28(34)22-15-20(5-7-23(22)29)37-19-4-6-21-17(13-19)9-11-31(27(18)21)26(33)16-32/h3-8,13-15,27,32H,2,9-12,16H2,1H3,(H,30,34). The zero-order chi connectivity index (χ0) is 25.9. The fourth-order valence-corrected chi connectivity index (χ4v) is 4.79. The number of hydrogen-bond acceptors (Lipinski definition) is 6.